The fourth-order valence-electron chi connectivity index (χ4n) is 2.69. The molecule has 1 aliphatic heterocycles. The zero-order chi connectivity index (χ0) is 16.2. The van der Waals surface area contributed by atoms with Crippen molar-refractivity contribution in [2.75, 3.05) is 19.6 Å². The molecule has 0 saturated carbocycles. The smallest absolute Gasteiger partial charge is 0.254 e. The molecule has 2 N–H and O–H groups in total. The van der Waals surface area contributed by atoms with Crippen LogP contribution in [-0.4, -0.2) is 35.3 Å². The van der Waals surface area contributed by atoms with Gasteiger partial charge in [-0.1, -0.05) is 23.2 Å². The first kappa shape index (κ1) is 16.3. The van der Waals surface area contributed by atoms with Crippen LogP contribution in [0.15, 0.2) is 30.6 Å². The van der Waals surface area contributed by atoms with E-state index in [4.69, 9.17) is 23.2 Å². The maximum Gasteiger partial charge on any atom is 0.254 e. The lowest BCUT2D eigenvalue weighted by molar-refractivity contribution is 0.0951. The molecule has 2 heterocycles. The minimum Gasteiger partial charge on any atom is -0.352 e. The summed E-state index contributed by atoms with van der Waals surface area (Å²) in [4.78, 5) is 12.2. The summed E-state index contributed by atoms with van der Waals surface area (Å²) in [5.41, 5.74) is 1.20. The monoisotopic (exact) mass is 352 g/mol. The lowest BCUT2D eigenvalue weighted by atomic mass is 10.1. The number of hydrogen-bond acceptors (Lipinski definition) is 3. The number of rotatable bonds is 5. The predicted octanol–water partition coefficient (Wildman–Crippen LogP) is 2.91. The molecular weight excluding hydrogens is 335 g/mol. The Hall–Kier alpha value is -1.56. The van der Waals surface area contributed by atoms with Crippen molar-refractivity contribution in [3.63, 3.8) is 0 Å². The van der Waals surface area contributed by atoms with E-state index in [0.29, 0.717) is 33.8 Å². The fraction of sp³-hybridized carbons (Fsp3) is 0.375. The summed E-state index contributed by atoms with van der Waals surface area (Å²) in [6.45, 7) is 2.80. The van der Waals surface area contributed by atoms with E-state index in [9.17, 15) is 4.79 Å². The van der Waals surface area contributed by atoms with Crippen molar-refractivity contribution in [2.24, 2.45) is 5.92 Å². The molecule has 5 nitrogen and oxygen atoms in total. The van der Waals surface area contributed by atoms with Crippen molar-refractivity contribution in [1.82, 2.24) is 20.4 Å². The second kappa shape index (κ2) is 7.34. The SMILES string of the molecule is O=C(NCCC1CCNC1)c1cnn(-c2ccc(Cl)cc2Cl)c1. The Balaban J connectivity index is 1.60. The van der Waals surface area contributed by atoms with Gasteiger partial charge in [-0.25, -0.2) is 4.68 Å². The van der Waals surface area contributed by atoms with Crippen LogP contribution in [0.3, 0.4) is 0 Å². The topological polar surface area (TPSA) is 59.0 Å². The number of benzene rings is 1. The Morgan fingerprint density at radius 3 is 3.04 bits per heavy atom. The standard InChI is InChI=1S/C16H18Cl2N4O/c17-13-1-2-15(14(18)7-13)22-10-12(9-21-22)16(23)20-6-4-11-3-5-19-8-11/h1-2,7,9-11,19H,3-6,8H2,(H,20,23). The Kier molecular flexibility index (Phi) is 5.20. The van der Waals surface area contributed by atoms with E-state index in [1.165, 1.54) is 12.6 Å². The van der Waals surface area contributed by atoms with Gasteiger partial charge in [-0.15, -0.1) is 0 Å². The zero-order valence-corrected chi connectivity index (χ0v) is 14.1. The normalized spacial score (nSPS) is 17.4. The van der Waals surface area contributed by atoms with Gasteiger partial charge < -0.3 is 10.6 Å². The molecule has 1 aliphatic rings. The molecule has 7 heteroatoms. The maximum atomic E-state index is 12.2. The highest BCUT2D eigenvalue weighted by molar-refractivity contribution is 6.35. The third-order valence-corrected chi connectivity index (χ3v) is 4.54. The minimum atomic E-state index is -0.118. The maximum absolute atomic E-state index is 12.2. The number of carbonyl (C=O) groups excluding carboxylic acids is 1. The third-order valence-electron chi connectivity index (χ3n) is 4.00. The van der Waals surface area contributed by atoms with Gasteiger partial charge in [0.05, 0.1) is 22.5 Å². The molecular formula is C16H18Cl2N4O. The fourth-order valence-corrected chi connectivity index (χ4v) is 3.19. The lowest BCUT2D eigenvalue weighted by Crippen LogP contribution is -2.26. The van der Waals surface area contributed by atoms with E-state index >= 15 is 0 Å². The van der Waals surface area contributed by atoms with E-state index in [1.54, 1.807) is 29.1 Å². The molecule has 3 rings (SSSR count). The van der Waals surface area contributed by atoms with Crippen LogP contribution in [0, 0.1) is 5.92 Å². The molecule has 1 fully saturated rings. The average molecular weight is 353 g/mol. The van der Waals surface area contributed by atoms with E-state index in [-0.39, 0.29) is 5.91 Å². The zero-order valence-electron chi connectivity index (χ0n) is 12.6. The number of halogens is 2. The minimum absolute atomic E-state index is 0.118. The van der Waals surface area contributed by atoms with Gasteiger partial charge in [0.25, 0.3) is 5.91 Å². The van der Waals surface area contributed by atoms with Crippen LogP contribution in [-0.2, 0) is 0 Å². The van der Waals surface area contributed by atoms with Gasteiger partial charge in [0, 0.05) is 17.8 Å². The second-order valence-corrected chi connectivity index (χ2v) is 6.52. The summed E-state index contributed by atoms with van der Waals surface area (Å²) in [6, 6.07) is 5.15. The molecule has 2 aromatic rings. The van der Waals surface area contributed by atoms with Crippen molar-refractivity contribution in [2.45, 2.75) is 12.8 Å². The Morgan fingerprint density at radius 2 is 2.30 bits per heavy atom. The van der Waals surface area contributed by atoms with Gasteiger partial charge in [0.15, 0.2) is 0 Å². The molecule has 23 heavy (non-hydrogen) atoms. The molecule has 0 spiro atoms. The molecule has 0 radical (unpaired) electrons. The Morgan fingerprint density at radius 1 is 1.43 bits per heavy atom. The Bertz CT molecular complexity index is 695. The number of aromatic nitrogens is 2. The van der Waals surface area contributed by atoms with Gasteiger partial charge in [0.1, 0.15) is 0 Å². The lowest BCUT2D eigenvalue weighted by Gasteiger charge is -2.08. The molecule has 1 aromatic heterocycles. The predicted molar refractivity (Wildman–Crippen MR) is 91.5 cm³/mol. The van der Waals surface area contributed by atoms with Crippen molar-refractivity contribution in [1.29, 1.82) is 0 Å². The molecule has 122 valence electrons. The van der Waals surface area contributed by atoms with Crippen molar-refractivity contribution < 1.29 is 4.79 Å². The van der Waals surface area contributed by atoms with E-state index in [1.807, 2.05) is 0 Å². The molecule has 1 unspecified atom stereocenters. The second-order valence-electron chi connectivity index (χ2n) is 5.67. The first-order chi connectivity index (χ1) is 11.1. The van der Waals surface area contributed by atoms with Crippen molar-refractivity contribution in [3.8, 4) is 5.69 Å². The van der Waals surface area contributed by atoms with Crippen LogP contribution < -0.4 is 10.6 Å². The van der Waals surface area contributed by atoms with Gasteiger partial charge in [-0.05, 0) is 50.0 Å². The highest BCUT2D eigenvalue weighted by Crippen LogP contribution is 2.24. The summed E-state index contributed by atoms with van der Waals surface area (Å²) in [6.07, 6.45) is 5.39. The summed E-state index contributed by atoms with van der Waals surface area (Å²) in [7, 11) is 0. The first-order valence-corrected chi connectivity index (χ1v) is 8.38. The molecule has 1 aromatic carbocycles. The van der Waals surface area contributed by atoms with E-state index in [2.05, 4.69) is 15.7 Å². The summed E-state index contributed by atoms with van der Waals surface area (Å²) < 4.78 is 1.58. The van der Waals surface area contributed by atoms with Crippen molar-refractivity contribution in [3.05, 3.63) is 46.2 Å². The number of carbonyl (C=O) groups is 1. The highest BCUT2D eigenvalue weighted by Gasteiger charge is 2.15. The van der Waals surface area contributed by atoms with Crippen LogP contribution in [0.4, 0.5) is 0 Å². The van der Waals surface area contributed by atoms with Crippen LogP contribution in [0.1, 0.15) is 23.2 Å². The molecule has 0 aliphatic carbocycles. The summed E-state index contributed by atoms with van der Waals surface area (Å²) in [5.74, 6) is 0.540. The van der Waals surface area contributed by atoms with Gasteiger partial charge in [0.2, 0.25) is 0 Å². The van der Waals surface area contributed by atoms with E-state index < -0.39 is 0 Å². The van der Waals surface area contributed by atoms with Crippen LogP contribution in [0.2, 0.25) is 10.0 Å². The van der Waals surface area contributed by atoms with Gasteiger partial charge >= 0.3 is 0 Å². The average Bonchev–Trinajstić information content (AvgIpc) is 3.18. The number of hydrogen-bond donors (Lipinski definition) is 2. The van der Waals surface area contributed by atoms with Crippen LogP contribution in [0.5, 0.6) is 0 Å². The molecule has 1 atom stereocenters. The Labute approximate surface area is 145 Å². The quantitative estimate of drug-likeness (QED) is 0.869. The largest absolute Gasteiger partial charge is 0.352 e. The van der Waals surface area contributed by atoms with E-state index in [0.717, 1.165) is 19.5 Å². The number of nitrogens with zero attached hydrogens (tertiary/aromatic N) is 2. The molecule has 1 saturated heterocycles. The summed E-state index contributed by atoms with van der Waals surface area (Å²) >= 11 is 12.0. The summed E-state index contributed by atoms with van der Waals surface area (Å²) in [5, 5.41) is 11.5. The number of amides is 1. The highest BCUT2D eigenvalue weighted by atomic mass is 35.5. The third kappa shape index (κ3) is 4.05. The van der Waals surface area contributed by atoms with Crippen LogP contribution >= 0.6 is 23.2 Å². The molecule has 0 bridgehead atoms. The van der Waals surface area contributed by atoms with Gasteiger partial charge in [-0.2, -0.15) is 5.10 Å². The first-order valence-electron chi connectivity index (χ1n) is 7.62. The van der Waals surface area contributed by atoms with Gasteiger partial charge in [-0.3, -0.25) is 4.79 Å². The van der Waals surface area contributed by atoms with Crippen LogP contribution in [0.25, 0.3) is 5.69 Å². The number of nitrogens with one attached hydrogen (secondary N) is 2. The molecule has 1 amide bonds. The van der Waals surface area contributed by atoms with Crippen molar-refractivity contribution >= 4 is 29.1 Å².